The summed E-state index contributed by atoms with van der Waals surface area (Å²) in [6.45, 7) is 2.07. The molecule has 2 saturated carbocycles. The third-order valence-electron chi connectivity index (χ3n) is 8.19. The molecule has 2 N–H and O–H groups in total. The summed E-state index contributed by atoms with van der Waals surface area (Å²) in [6.07, 6.45) is 12.1. The maximum absolute atomic E-state index is 10.1. The minimum atomic E-state index is -0.577. The Labute approximate surface area is 192 Å². The van der Waals surface area contributed by atoms with E-state index in [-0.39, 0.29) is 12.7 Å². The molecule has 5 rings (SSSR count). The fourth-order valence-electron chi connectivity index (χ4n) is 6.27. The van der Waals surface area contributed by atoms with Gasteiger partial charge in [0, 0.05) is 12.0 Å². The number of hydrogen-bond donors (Lipinski definition) is 2. The molecule has 32 heavy (non-hydrogen) atoms. The second-order valence-electron chi connectivity index (χ2n) is 10.5. The number of aryl methyl sites for hydroxylation is 1. The second kappa shape index (κ2) is 9.03. The molecule has 2 fully saturated rings. The zero-order valence-electron chi connectivity index (χ0n) is 19.2. The molecule has 3 aliphatic rings. The summed E-state index contributed by atoms with van der Waals surface area (Å²) in [5, 5.41) is 19.6. The number of aliphatic hydroxyl groups is 2. The molecule has 3 unspecified atom stereocenters. The normalized spacial score (nSPS) is 26.8. The Hall–Kier alpha value is -2.10. The Kier molecular flexibility index (Phi) is 6.14. The fraction of sp³-hybridized carbons (Fsp3) is 0.517. The van der Waals surface area contributed by atoms with E-state index in [0.717, 1.165) is 17.9 Å². The van der Waals surface area contributed by atoms with Gasteiger partial charge in [0.1, 0.15) is 11.9 Å². The van der Waals surface area contributed by atoms with Crippen LogP contribution in [0.5, 0.6) is 0 Å². The highest BCUT2D eigenvalue weighted by atomic mass is 16.5. The van der Waals surface area contributed by atoms with E-state index >= 15 is 0 Å². The van der Waals surface area contributed by atoms with E-state index < -0.39 is 6.10 Å². The van der Waals surface area contributed by atoms with Crippen LogP contribution < -0.4 is 0 Å². The fourth-order valence-corrected chi connectivity index (χ4v) is 6.27. The highest BCUT2D eigenvalue weighted by Gasteiger charge is 2.41. The van der Waals surface area contributed by atoms with Gasteiger partial charge >= 0.3 is 0 Å². The van der Waals surface area contributed by atoms with Crippen molar-refractivity contribution in [1.29, 1.82) is 0 Å². The Morgan fingerprint density at radius 2 is 1.81 bits per heavy atom. The lowest BCUT2D eigenvalue weighted by Crippen LogP contribution is -2.27. The number of rotatable bonds is 5. The Morgan fingerprint density at radius 1 is 1.03 bits per heavy atom. The van der Waals surface area contributed by atoms with E-state index in [2.05, 4.69) is 43.3 Å². The van der Waals surface area contributed by atoms with Crippen LogP contribution in [0, 0.1) is 12.3 Å². The molecule has 2 aliphatic carbocycles. The summed E-state index contributed by atoms with van der Waals surface area (Å²) in [5.74, 6) is 1.41. The quantitative estimate of drug-likeness (QED) is 0.619. The van der Waals surface area contributed by atoms with Gasteiger partial charge in [-0.1, -0.05) is 49.2 Å². The molecule has 0 aromatic heterocycles. The lowest BCUT2D eigenvalue weighted by atomic mass is 9.82. The Balaban J connectivity index is 1.29. The third-order valence-corrected chi connectivity index (χ3v) is 8.19. The lowest BCUT2D eigenvalue weighted by molar-refractivity contribution is 0.0393. The maximum Gasteiger partial charge on any atom is 0.125 e. The Bertz CT molecular complexity index is 968. The molecular formula is C29H36O3. The van der Waals surface area contributed by atoms with Crippen LogP contribution in [0.25, 0.3) is 5.76 Å². The molecule has 0 bridgehead atoms. The van der Waals surface area contributed by atoms with Gasteiger partial charge in [0.2, 0.25) is 0 Å². The maximum atomic E-state index is 10.1. The monoisotopic (exact) mass is 432 g/mol. The van der Waals surface area contributed by atoms with Crippen molar-refractivity contribution in [3.05, 3.63) is 76.4 Å². The molecule has 3 heteroatoms. The average Bonchev–Trinajstić information content (AvgIpc) is 3.45. The number of aliphatic hydroxyl groups excluding tert-OH is 2. The highest BCUT2D eigenvalue weighted by Crippen LogP contribution is 2.55. The first-order valence-electron chi connectivity index (χ1n) is 12.4. The number of benzene rings is 2. The first kappa shape index (κ1) is 21.7. The predicted octanol–water partition coefficient (Wildman–Crippen LogP) is 5.90. The molecule has 3 nitrogen and oxygen atoms in total. The smallest absolute Gasteiger partial charge is 0.125 e. The van der Waals surface area contributed by atoms with Crippen molar-refractivity contribution in [3.8, 4) is 0 Å². The van der Waals surface area contributed by atoms with Gasteiger partial charge in [0.05, 0.1) is 12.7 Å². The minimum Gasteiger partial charge on any atom is -0.488 e. The molecule has 1 heterocycles. The van der Waals surface area contributed by atoms with Crippen molar-refractivity contribution < 1.29 is 14.9 Å². The van der Waals surface area contributed by atoms with Crippen molar-refractivity contribution in [1.82, 2.24) is 0 Å². The van der Waals surface area contributed by atoms with Gasteiger partial charge in [-0.15, -0.1) is 0 Å². The van der Waals surface area contributed by atoms with Gasteiger partial charge in [0.15, 0.2) is 0 Å². The van der Waals surface area contributed by atoms with Crippen LogP contribution in [0.15, 0.2) is 48.5 Å². The number of hydrogen-bond acceptors (Lipinski definition) is 3. The van der Waals surface area contributed by atoms with E-state index in [0.29, 0.717) is 17.6 Å². The van der Waals surface area contributed by atoms with Gasteiger partial charge < -0.3 is 14.9 Å². The van der Waals surface area contributed by atoms with Crippen molar-refractivity contribution in [2.24, 2.45) is 5.41 Å². The molecule has 0 saturated heterocycles. The van der Waals surface area contributed by atoms with Crippen LogP contribution in [0.4, 0.5) is 0 Å². The van der Waals surface area contributed by atoms with Crippen LogP contribution in [-0.4, -0.2) is 29.0 Å². The largest absolute Gasteiger partial charge is 0.488 e. The molecule has 1 aliphatic heterocycles. The van der Waals surface area contributed by atoms with Crippen LogP contribution in [0.1, 0.15) is 85.1 Å². The zero-order chi connectivity index (χ0) is 22.1. The van der Waals surface area contributed by atoms with Gasteiger partial charge in [-0.25, -0.2) is 0 Å². The Morgan fingerprint density at radius 3 is 2.56 bits per heavy atom. The summed E-state index contributed by atoms with van der Waals surface area (Å²) in [7, 11) is 0. The molecule has 170 valence electrons. The van der Waals surface area contributed by atoms with Gasteiger partial charge in [-0.2, -0.15) is 0 Å². The minimum absolute atomic E-state index is 0.0818. The SMILES string of the molecule is Cc1ccc(C2=CC(O)CC(CO)O2)cc1Cc1ccc(C2CCC3(CCCC3)C2)cc1. The molecular weight excluding hydrogens is 396 g/mol. The van der Waals surface area contributed by atoms with Crippen molar-refractivity contribution in [3.63, 3.8) is 0 Å². The van der Waals surface area contributed by atoms with Crippen LogP contribution >= 0.6 is 0 Å². The van der Waals surface area contributed by atoms with Crippen molar-refractivity contribution in [2.45, 2.75) is 82.8 Å². The van der Waals surface area contributed by atoms with Crippen LogP contribution in [-0.2, 0) is 11.2 Å². The molecule has 1 spiro atoms. The van der Waals surface area contributed by atoms with Gasteiger partial charge in [-0.3, -0.25) is 0 Å². The summed E-state index contributed by atoms with van der Waals surface area (Å²) < 4.78 is 5.90. The first-order valence-corrected chi connectivity index (χ1v) is 12.4. The van der Waals surface area contributed by atoms with Crippen molar-refractivity contribution >= 4 is 5.76 Å². The summed E-state index contributed by atoms with van der Waals surface area (Å²) in [6, 6.07) is 15.7. The van der Waals surface area contributed by atoms with Crippen molar-refractivity contribution in [2.75, 3.05) is 6.61 Å². The van der Waals surface area contributed by atoms with Gasteiger partial charge in [0.25, 0.3) is 0 Å². The predicted molar refractivity (Wildman–Crippen MR) is 128 cm³/mol. The average molecular weight is 433 g/mol. The van der Waals surface area contributed by atoms with E-state index in [1.54, 1.807) is 6.08 Å². The molecule has 2 aromatic carbocycles. The standard InChI is InChI=1S/C29H36O3/c1-20-4-7-23(28-17-26(31)16-27(19-30)32-28)15-25(20)14-21-5-8-22(9-6-21)24-10-13-29(18-24)11-2-3-12-29/h4-9,15,17,24,26-27,30-31H,2-3,10-14,16,18-19H2,1H3. The molecule has 0 radical (unpaired) electrons. The lowest BCUT2D eigenvalue weighted by Gasteiger charge is -2.26. The molecule has 0 amide bonds. The molecule has 2 aromatic rings. The van der Waals surface area contributed by atoms with Crippen LogP contribution in [0.3, 0.4) is 0 Å². The summed E-state index contributed by atoms with van der Waals surface area (Å²) in [4.78, 5) is 0. The van der Waals surface area contributed by atoms with E-state index in [4.69, 9.17) is 4.74 Å². The van der Waals surface area contributed by atoms with Gasteiger partial charge in [-0.05, 0) is 91.2 Å². The molecule has 3 atom stereocenters. The first-order chi connectivity index (χ1) is 15.5. The zero-order valence-corrected chi connectivity index (χ0v) is 19.2. The summed E-state index contributed by atoms with van der Waals surface area (Å²) in [5.41, 5.74) is 7.01. The van der Waals surface area contributed by atoms with E-state index in [1.165, 1.54) is 67.2 Å². The third kappa shape index (κ3) is 4.51. The second-order valence-corrected chi connectivity index (χ2v) is 10.5. The van der Waals surface area contributed by atoms with E-state index in [1.807, 2.05) is 6.07 Å². The van der Waals surface area contributed by atoms with E-state index in [9.17, 15) is 10.2 Å². The topological polar surface area (TPSA) is 49.7 Å². The highest BCUT2D eigenvalue weighted by molar-refractivity contribution is 5.62. The summed E-state index contributed by atoms with van der Waals surface area (Å²) >= 11 is 0. The van der Waals surface area contributed by atoms with Crippen LogP contribution in [0.2, 0.25) is 0 Å². The number of ether oxygens (including phenoxy) is 1.